The van der Waals surface area contributed by atoms with Crippen LogP contribution in [0.1, 0.15) is 18.9 Å². The lowest BCUT2D eigenvalue weighted by molar-refractivity contribution is -0.730. The van der Waals surface area contributed by atoms with Gasteiger partial charge >= 0.3 is 0 Å². The summed E-state index contributed by atoms with van der Waals surface area (Å²) in [6.45, 7) is 2.68. The van der Waals surface area contributed by atoms with Gasteiger partial charge in [0.25, 0.3) is 5.91 Å². The Morgan fingerprint density at radius 3 is 2.81 bits per heavy atom. The molecule has 3 amide bonds. The van der Waals surface area contributed by atoms with Crippen molar-refractivity contribution in [3.8, 4) is 0 Å². The Bertz CT molecular complexity index is 814. The van der Waals surface area contributed by atoms with Gasteiger partial charge in [0, 0.05) is 25.8 Å². The Balaban J connectivity index is 1.77. The van der Waals surface area contributed by atoms with E-state index in [1.165, 1.54) is 4.90 Å². The molecule has 0 radical (unpaired) electrons. The van der Waals surface area contributed by atoms with Crippen LogP contribution in [-0.4, -0.2) is 48.9 Å². The maximum Gasteiger partial charge on any atom is 0.291 e. The maximum absolute atomic E-state index is 13.2. The number of rotatable bonds is 4. The van der Waals surface area contributed by atoms with Gasteiger partial charge in [0.1, 0.15) is 11.8 Å². The largest absolute Gasteiger partial charge is 0.385 e. The molecule has 4 rings (SSSR count). The number of halogens is 1. The van der Waals surface area contributed by atoms with Crippen LogP contribution in [0.25, 0.3) is 0 Å². The second-order valence-electron chi connectivity index (χ2n) is 7.19. The monoisotopic (exact) mass is 378 g/mol. The number of para-hydroxylation sites is 1. The molecule has 0 aromatic heterocycles. The van der Waals surface area contributed by atoms with Gasteiger partial charge in [-0.15, -0.1) is 0 Å². The molecule has 8 heteroatoms. The van der Waals surface area contributed by atoms with E-state index >= 15 is 0 Å². The number of imide groups is 1. The van der Waals surface area contributed by atoms with Crippen molar-refractivity contribution in [1.29, 1.82) is 0 Å². The second-order valence-corrected chi connectivity index (χ2v) is 7.60. The molecule has 3 N–H and O–H groups in total. The summed E-state index contributed by atoms with van der Waals surface area (Å²) < 4.78 is 5.02. The number of carbonyl (C=O) groups is 3. The number of methoxy groups -OCH3 is 1. The fourth-order valence-corrected chi connectivity index (χ4v) is 5.00. The number of hydrogen-bond donors (Lipinski definition) is 2. The highest BCUT2D eigenvalue weighted by Gasteiger charge is 2.73. The van der Waals surface area contributed by atoms with E-state index < -0.39 is 17.4 Å². The molecular formula is C18H21ClN3O4+. The van der Waals surface area contributed by atoms with Crippen molar-refractivity contribution in [2.75, 3.05) is 25.6 Å². The molecule has 3 aliphatic heterocycles. The third-order valence-electron chi connectivity index (χ3n) is 5.83. The third-order valence-corrected chi connectivity index (χ3v) is 6.14. The number of nitrogens with two attached hydrogens (primary N) is 1. The first kappa shape index (κ1) is 17.5. The molecule has 26 heavy (non-hydrogen) atoms. The molecule has 1 aromatic carbocycles. The summed E-state index contributed by atoms with van der Waals surface area (Å²) in [5.74, 6) is -1.98. The summed E-state index contributed by atoms with van der Waals surface area (Å²) in [7, 11) is 1.58. The zero-order valence-corrected chi connectivity index (χ0v) is 15.4. The number of nitrogens with zero attached hydrogens (tertiary/aromatic N) is 1. The fraction of sp³-hybridized carbons (Fsp3) is 0.500. The topological polar surface area (TPSA) is 92.3 Å². The van der Waals surface area contributed by atoms with Gasteiger partial charge in [0.05, 0.1) is 16.8 Å². The predicted octanol–water partition coefficient (Wildman–Crippen LogP) is 0.0906. The quantitative estimate of drug-likeness (QED) is 0.573. The van der Waals surface area contributed by atoms with Crippen LogP contribution in [0, 0.1) is 11.8 Å². The van der Waals surface area contributed by atoms with Crippen molar-refractivity contribution in [3.05, 3.63) is 28.8 Å². The Morgan fingerprint density at radius 1 is 1.31 bits per heavy atom. The normalized spacial score (nSPS) is 32.3. The molecule has 4 atom stereocenters. The van der Waals surface area contributed by atoms with Crippen molar-refractivity contribution < 1.29 is 24.4 Å². The van der Waals surface area contributed by atoms with Crippen LogP contribution in [0.15, 0.2) is 18.2 Å². The molecule has 3 aliphatic rings. The predicted molar refractivity (Wildman–Crippen MR) is 93.3 cm³/mol. The minimum atomic E-state index is -1.13. The average Bonchev–Trinajstić information content (AvgIpc) is 3.16. The molecule has 1 spiro atoms. The average molecular weight is 379 g/mol. The summed E-state index contributed by atoms with van der Waals surface area (Å²) in [6.07, 6.45) is 0.577. The summed E-state index contributed by atoms with van der Waals surface area (Å²) in [5, 5.41) is 5.13. The molecule has 1 aromatic rings. The maximum atomic E-state index is 13.2. The highest BCUT2D eigenvalue weighted by atomic mass is 35.5. The van der Waals surface area contributed by atoms with Crippen molar-refractivity contribution >= 4 is 35.0 Å². The lowest BCUT2D eigenvalue weighted by Gasteiger charge is -2.25. The van der Waals surface area contributed by atoms with Crippen molar-refractivity contribution in [2.45, 2.75) is 24.9 Å². The van der Waals surface area contributed by atoms with E-state index in [9.17, 15) is 14.4 Å². The van der Waals surface area contributed by atoms with Crippen molar-refractivity contribution in [2.24, 2.45) is 11.8 Å². The van der Waals surface area contributed by atoms with Gasteiger partial charge in [0.15, 0.2) is 0 Å². The first-order valence-corrected chi connectivity index (χ1v) is 9.12. The highest BCUT2D eigenvalue weighted by molar-refractivity contribution is 6.35. The van der Waals surface area contributed by atoms with Crippen molar-refractivity contribution in [1.82, 2.24) is 4.90 Å². The molecule has 138 valence electrons. The molecule has 0 bridgehead atoms. The summed E-state index contributed by atoms with van der Waals surface area (Å²) in [4.78, 5) is 40.4. The minimum absolute atomic E-state index is 0.181. The molecule has 2 saturated heterocycles. The number of hydrogen-bond acceptors (Lipinski definition) is 4. The van der Waals surface area contributed by atoms with Crippen LogP contribution in [0.5, 0.6) is 0 Å². The SMILES string of the molecule is COCCCN1C(=O)[C@@H]2[C@H](C)[NH2+][C@@]3(C(=O)Nc4c(Cl)cccc43)[C@@H]2C1=O. The number of nitrogens with one attached hydrogen (secondary N) is 1. The summed E-state index contributed by atoms with van der Waals surface area (Å²) in [6, 6.07) is 5.11. The van der Waals surface area contributed by atoms with Gasteiger partial charge in [-0.05, 0) is 25.5 Å². The Hall–Kier alpha value is -1.96. The molecule has 2 fully saturated rings. The van der Waals surface area contributed by atoms with Crippen molar-refractivity contribution in [3.63, 3.8) is 0 Å². The first-order chi connectivity index (χ1) is 12.4. The highest BCUT2D eigenvalue weighted by Crippen LogP contribution is 2.50. The van der Waals surface area contributed by atoms with E-state index in [0.29, 0.717) is 35.8 Å². The second kappa shape index (κ2) is 6.04. The Morgan fingerprint density at radius 2 is 2.08 bits per heavy atom. The molecule has 0 saturated carbocycles. The van der Waals surface area contributed by atoms with Gasteiger partial charge in [0.2, 0.25) is 17.4 Å². The fourth-order valence-electron chi connectivity index (χ4n) is 4.78. The summed E-state index contributed by atoms with van der Waals surface area (Å²) >= 11 is 6.25. The number of likely N-dealkylation sites (tertiary alicyclic amines) is 1. The molecule has 0 aliphatic carbocycles. The molecule has 3 heterocycles. The van der Waals surface area contributed by atoms with Crippen LogP contribution in [0.2, 0.25) is 5.02 Å². The van der Waals surface area contributed by atoms with Crippen LogP contribution in [-0.2, 0) is 24.7 Å². The number of benzene rings is 1. The van der Waals surface area contributed by atoms with E-state index in [1.807, 2.05) is 18.3 Å². The van der Waals surface area contributed by atoms with Gasteiger partial charge in [-0.3, -0.25) is 19.3 Å². The van der Waals surface area contributed by atoms with Gasteiger partial charge in [-0.25, -0.2) is 0 Å². The number of ether oxygens (including phenoxy) is 1. The number of fused-ring (bicyclic) bond motifs is 4. The number of amides is 3. The van der Waals surface area contributed by atoms with Crippen LogP contribution in [0.4, 0.5) is 5.69 Å². The van der Waals surface area contributed by atoms with E-state index in [4.69, 9.17) is 16.3 Å². The van der Waals surface area contributed by atoms with Crippen LogP contribution < -0.4 is 10.6 Å². The molecule has 7 nitrogen and oxygen atoms in total. The lowest BCUT2D eigenvalue weighted by atomic mass is 9.76. The first-order valence-electron chi connectivity index (χ1n) is 8.74. The summed E-state index contributed by atoms with van der Waals surface area (Å²) in [5.41, 5.74) is 0.100. The minimum Gasteiger partial charge on any atom is -0.385 e. The Labute approximate surface area is 156 Å². The van der Waals surface area contributed by atoms with E-state index in [0.717, 1.165) is 0 Å². The lowest BCUT2D eigenvalue weighted by Crippen LogP contribution is -2.98. The van der Waals surface area contributed by atoms with E-state index in [-0.39, 0.29) is 23.8 Å². The van der Waals surface area contributed by atoms with Crippen LogP contribution >= 0.6 is 11.6 Å². The Kier molecular flexibility index (Phi) is 4.06. The van der Waals surface area contributed by atoms with Gasteiger partial charge in [-0.1, -0.05) is 17.7 Å². The zero-order chi connectivity index (χ0) is 18.6. The van der Waals surface area contributed by atoms with Crippen LogP contribution in [0.3, 0.4) is 0 Å². The molecular weight excluding hydrogens is 358 g/mol. The molecule has 0 unspecified atom stereocenters. The number of carbonyl (C=O) groups excluding carboxylic acids is 3. The smallest absolute Gasteiger partial charge is 0.291 e. The zero-order valence-electron chi connectivity index (χ0n) is 14.6. The standard InChI is InChI=1S/C18H20ClN3O4/c1-9-12-13(16(24)22(15(12)23)7-4-8-26-2)18(21-9)10-5-3-6-11(19)14(10)20-17(18)25/h3,5-6,9,12-13,21H,4,7-8H2,1-2H3,(H,20,25)/p+1/t9-,12+,13-,18+/m0/s1. The number of quaternary nitrogens is 1. The third kappa shape index (κ3) is 2.11. The van der Waals surface area contributed by atoms with Gasteiger partial charge < -0.3 is 15.4 Å². The van der Waals surface area contributed by atoms with E-state index in [1.54, 1.807) is 19.2 Å². The van der Waals surface area contributed by atoms with E-state index in [2.05, 4.69) is 5.32 Å². The van der Waals surface area contributed by atoms with Gasteiger partial charge in [-0.2, -0.15) is 0 Å². The number of anilines is 1.